The van der Waals surface area contributed by atoms with Crippen LogP contribution in [0.3, 0.4) is 0 Å². The molecule has 0 spiro atoms. The highest BCUT2D eigenvalue weighted by Gasteiger charge is 2.27. The summed E-state index contributed by atoms with van der Waals surface area (Å²) >= 11 is 0. The number of morpholine rings is 1. The Labute approximate surface area is 145 Å². The predicted molar refractivity (Wildman–Crippen MR) is 90.7 cm³/mol. The first-order valence-electron chi connectivity index (χ1n) is 8.26. The molecule has 0 saturated carbocycles. The van der Waals surface area contributed by atoms with Crippen LogP contribution in [0.15, 0.2) is 6.33 Å². The average Bonchev–Trinajstić information content (AvgIpc) is 2.64. The van der Waals surface area contributed by atoms with Crippen LogP contribution in [0, 0.1) is 10.1 Å². The van der Waals surface area contributed by atoms with E-state index in [9.17, 15) is 14.9 Å². The molecular formula is C15H23N5O5. The minimum absolute atomic E-state index is 0.112. The third-order valence-electron chi connectivity index (χ3n) is 3.87. The van der Waals surface area contributed by atoms with E-state index in [0.29, 0.717) is 45.1 Å². The fraction of sp³-hybridized carbons (Fsp3) is 0.667. The van der Waals surface area contributed by atoms with Gasteiger partial charge in [0.1, 0.15) is 6.33 Å². The van der Waals surface area contributed by atoms with Crippen LogP contribution >= 0.6 is 0 Å². The molecule has 0 aliphatic carbocycles. The summed E-state index contributed by atoms with van der Waals surface area (Å²) in [7, 11) is 1.37. The van der Waals surface area contributed by atoms with E-state index in [1.54, 1.807) is 0 Å². The number of nitro groups is 1. The molecule has 10 heteroatoms. The second-order valence-corrected chi connectivity index (χ2v) is 5.56. The molecule has 138 valence electrons. The van der Waals surface area contributed by atoms with Crippen LogP contribution in [0.2, 0.25) is 0 Å². The molecule has 0 bridgehead atoms. The highest BCUT2D eigenvalue weighted by Crippen LogP contribution is 2.32. The number of nitrogens with one attached hydrogen (secondary N) is 1. The lowest BCUT2D eigenvalue weighted by Crippen LogP contribution is -2.37. The average molecular weight is 353 g/mol. The van der Waals surface area contributed by atoms with Crippen LogP contribution in [0.1, 0.15) is 25.7 Å². The SMILES string of the molecule is COC(=O)CCCCCNc1ncnc(N2CCOCC2)c1[N+](=O)[O-]. The second kappa shape index (κ2) is 9.72. The summed E-state index contributed by atoms with van der Waals surface area (Å²) in [5, 5.41) is 14.5. The van der Waals surface area contributed by atoms with Gasteiger partial charge in [0.25, 0.3) is 0 Å². The van der Waals surface area contributed by atoms with Gasteiger partial charge in [0, 0.05) is 26.1 Å². The van der Waals surface area contributed by atoms with Gasteiger partial charge in [-0.1, -0.05) is 6.42 Å². The van der Waals surface area contributed by atoms with E-state index in [-0.39, 0.29) is 17.5 Å². The minimum atomic E-state index is -0.454. The second-order valence-electron chi connectivity index (χ2n) is 5.56. The third kappa shape index (κ3) is 5.52. The van der Waals surface area contributed by atoms with Gasteiger partial charge in [0.05, 0.1) is 25.2 Å². The van der Waals surface area contributed by atoms with Crippen molar-refractivity contribution in [2.24, 2.45) is 0 Å². The molecule has 1 saturated heterocycles. The zero-order chi connectivity index (χ0) is 18.1. The number of carbonyl (C=O) groups is 1. The molecular weight excluding hydrogens is 330 g/mol. The Bertz CT molecular complexity index is 592. The number of nitrogens with zero attached hydrogens (tertiary/aromatic N) is 4. The van der Waals surface area contributed by atoms with E-state index < -0.39 is 4.92 Å². The summed E-state index contributed by atoms with van der Waals surface area (Å²) in [6, 6.07) is 0. The fourth-order valence-corrected chi connectivity index (χ4v) is 2.55. The lowest BCUT2D eigenvalue weighted by Gasteiger charge is -2.27. The Hall–Kier alpha value is -2.49. The maximum absolute atomic E-state index is 11.5. The van der Waals surface area contributed by atoms with Crippen molar-refractivity contribution >= 4 is 23.3 Å². The first kappa shape index (κ1) is 18.8. The Morgan fingerprint density at radius 1 is 1.36 bits per heavy atom. The number of esters is 1. The predicted octanol–water partition coefficient (Wildman–Crippen LogP) is 1.37. The Kier molecular flexibility index (Phi) is 7.33. The van der Waals surface area contributed by atoms with Crippen LogP contribution in [-0.4, -0.2) is 60.8 Å². The smallest absolute Gasteiger partial charge is 0.353 e. The van der Waals surface area contributed by atoms with E-state index in [2.05, 4.69) is 20.0 Å². The lowest BCUT2D eigenvalue weighted by molar-refractivity contribution is -0.383. The Balaban J connectivity index is 1.93. The van der Waals surface area contributed by atoms with Crippen molar-refractivity contribution in [3.05, 3.63) is 16.4 Å². The number of anilines is 2. The number of carbonyl (C=O) groups excluding carboxylic acids is 1. The van der Waals surface area contributed by atoms with Crippen LogP contribution in [0.5, 0.6) is 0 Å². The zero-order valence-corrected chi connectivity index (χ0v) is 14.3. The van der Waals surface area contributed by atoms with Crippen LogP contribution in [0.25, 0.3) is 0 Å². The van der Waals surface area contributed by atoms with Gasteiger partial charge in [-0.25, -0.2) is 9.97 Å². The number of rotatable bonds is 9. The van der Waals surface area contributed by atoms with Gasteiger partial charge in [-0.05, 0) is 12.8 Å². The Morgan fingerprint density at radius 3 is 2.80 bits per heavy atom. The molecule has 0 amide bonds. The summed E-state index contributed by atoms with van der Waals surface area (Å²) in [4.78, 5) is 32.0. The highest BCUT2D eigenvalue weighted by atomic mass is 16.6. The van der Waals surface area contributed by atoms with E-state index in [1.807, 2.05) is 4.90 Å². The first-order chi connectivity index (χ1) is 12.1. The van der Waals surface area contributed by atoms with E-state index in [0.717, 1.165) is 19.3 Å². The molecule has 10 nitrogen and oxygen atoms in total. The lowest BCUT2D eigenvalue weighted by atomic mass is 10.2. The first-order valence-corrected chi connectivity index (χ1v) is 8.26. The maximum atomic E-state index is 11.5. The number of aromatic nitrogens is 2. The maximum Gasteiger partial charge on any atom is 0.353 e. The molecule has 0 atom stereocenters. The number of methoxy groups -OCH3 is 1. The summed E-state index contributed by atoms with van der Waals surface area (Å²) in [5.74, 6) is 0.306. The molecule has 1 fully saturated rings. The molecule has 0 aromatic carbocycles. The standard InChI is InChI=1S/C15H23N5O5/c1-24-12(21)5-3-2-4-6-16-14-13(20(22)23)15(18-11-17-14)19-7-9-25-10-8-19/h11H,2-10H2,1H3,(H,16,17,18). The molecule has 1 aliphatic heterocycles. The van der Waals surface area contributed by atoms with Crippen LogP contribution in [0.4, 0.5) is 17.3 Å². The summed E-state index contributed by atoms with van der Waals surface area (Å²) in [6.45, 7) is 2.69. The summed E-state index contributed by atoms with van der Waals surface area (Å²) in [5.41, 5.74) is -0.112. The Morgan fingerprint density at radius 2 is 2.12 bits per heavy atom. The topological polar surface area (TPSA) is 120 Å². The van der Waals surface area contributed by atoms with Crippen molar-refractivity contribution in [3.8, 4) is 0 Å². The van der Waals surface area contributed by atoms with Gasteiger partial charge in [0.15, 0.2) is 0 Å². The van der Waals surface area contributed by atoms with Gasteiger partial charge in [-0.15, -0.1) is 0 Å². The molecule has 1 aromatic rings. The zero-order valence-electron chi connectivity index (χ0n) is 14.3. The van der Waals surface area contributed by atoms with Gasteiger partial charge < -0.3 is 19.7 Å². The van der Waals surface area contributed by atoms with E-state index >= 15 is 0 Å². The molecule has 1 N–H and O–H groups in total. The molecule has 0 unspecified atom stereocenters. The van der Waals surface area contributed by atoms with E-state index in [1.165, 1.54) is 13.4 Å². The van der Waals surface area contributed by atoms with Crippen molar-refractivity contribution in [2.45, 2.75) is 25.7 Å². The van der Waals surface area contributed by atoms with Gasteiger partial charge in [0.2, 0.25) is 11.6 Å². The normalized spacial score (nSPS) is 14.2. The van der Waals surface area contributed by atoms with Gasteiger partial charge in [-0.3, -0.25) is 14.9 Å². The van der Waals surface area contributed by atoms with Crippen molar-refractivity contribution in [2.75, 3.05) is 50.2 Å². The van der Waals surface area contributed by atoms with E-state index in [4.69, 9.17) is 4.74 Å². The van der Waals surface area contributed by atoms with Crippen molar-refractivity contribution in [1.82, 2.24) is 9.97 Å². The highest BCUT2D eigenvalue weighted by molar-refractivity contribution is 5.70. The third-order valence-corrected chi connectivity index (χ3v) is 3.87. The molecule has 2 rings (SSSR count). The largest absolute Gasteiger partial charge is 0.469 e. The number of hydrogen-bond donors (Lipinski definition) is 1. The summed E-state index contributed by atoms with van der Waals surface area (Å²) in [6.07, 6.45) is 4.02. The van der Waals surface area contributed by atoms with Crippen molar-refractivity contribution in [1.29, 1.82) is 0 Å². The quantitative estimate of drug-likeness (QED) is 0.304. The molecule has 0 radical (unpaired) electrons. The molecule has 2 heterocycles. The number of unbranched alkanes of at least 4 members (excludes halogenated alkanes) is 2. The van der Waals surface area contributed by atoms with Crippen molar-refractivity contribution < 1.29 is 19.2 Å². The number of ether oxygens (including phenoxy) is 2. The molecule has 25 heavy (non-hydrogen) atoms. The van der Waals surface area contributed by atoms with Crippen LogP contribution < -0.4 is 10.2 Å². The monoisotopic (exact) mass is 353 g/mol. The number of hydrogen-bond acceptors (Lipinski definition) is 9. The summed E-state index contributed by atoms with van der Waals surface area (Å²) < 4.78 is 9.85. The van der Waals surface area contributed by atoms with Crippen molar-refractivity contribution in [3.63, 3.8) is 0 Å². The molecule has 1 aliphatic rings. The van der Waals surface area contributed by atoms with Crippen LogP contribution in [-0.2, 0) is 14.3 Å². The van der Waals surface area contributed by atoms with Gasteiger partial charge >= 0.3 is 11.7 Å². The fourth-order valence-electron chi connectivity index (χ4n) is 2.55. The molecule has 1 aromatic heterocycles. The minimum Gasteiger partial charge on any atom is -0.469 e. The van der Waals surface area contributed by atoms with Gasteiger partial charge in [-0.2, -0.15) is 0 Å².